The Balaban J connectivity index is 2.52. The van der Waals surface area contributed by atoms with Crippen molar-refractivity contribution in [1.29, 1.82) is 0 Å². The molecule has 0 fully saturated rings. The minimum atomic E-state index is -5.59. The first kappa shape index (κ1) is 18.0. The summed E-state index contributed by atoms with van der Waals surface area (Å²) in [6.07, 6.45) is 0. The first-order valence-corrected chi connectivity index (χ1v) is 7.72. The number of carbonyl (C=O) groups excluding carboxylic acids is 1. The van der Waals surface area contributed by atoms with Gasteiger partial charge in [-0.25, -0.2) is 13.2 Å². The fourth-order valence-corrected chi connectivity index (χ4v) is 2.06. The van der Waals surface area contributed by atoms with Gasteiger partial charge in [0, 0.05) is 3.57 Å². The number of halogens is 4. The van der Waals surface area contributed by atoms with Crippen LogP contribution in [0.2, 0.25) is 0 Å². The number of aromatic hydroxyl groups is 1. The highest BCUT2D eigenvalue weighted by Gasteiger charge is 2.38. The van der Waals surface area contributed by atoms with E-state index in [0.29, 0.717) is 3.57 Å². The number of rotatable bonds is 5. The Kier molecular flexibility index (Phi) is 5.81. The van der Waals surface area contributed by atoms with Crippen LogP contribution in [0.25, 0.3) is 4.72 Å². The van der Waals surface area contributed by atoms with Crippen molar-refractivity contribution in [2.45, 2.75) is 5.51 Å². The van der Waals surface area contributed by atoms with E-state index in [0.717, 1.165) is 0 Å². The van der Waals surface area contributed by atoms with Crippen molar-refractivity contribution in [3.63, 3.8) is 0 Å². The number of hydrogen-bond acceptors (Lipinski definition) is 5. The number of sulfonamides is 1. The van der Waals surface area contributed by atoms with Crippen molar-refractivity contribution in [3.05, 3.63) is 32.1 Å². The van der Waals surface area contributed by atoms with Crippen LogP contribution in [0.3, 0.4) is 0 Å². The zero-order valence-corrected chi connectivity index (χ0v) is 13.1. The van der Waals surface area contributed by atoms with Gasteiger partial charge in [-0.05, 0) is 40.8 Å². The van der Waals surface area contributed by atoms with Crippen LogP contribution in [0.5, 0.6) is 5.75 Å². The Morgan fingerprint density at radius 2 is 2.00 bits per heavy atom. The van der Waals surface area contributed by atoms with Crippen molar-refractivity contribution < 1.29 is 36.2 Å². The Labute approximate surface area is 131 Å². The molecule has 0 bridgehead atoms. The van der Waals surface area contributed by atoms with E-state index in [4.69, 9.17) is 0 Å². The van der Waals surface area contributed by atoms with Crippen molar-refractivity contribution in [2.75, 3.05) is 13.2 Å². The second kappa shape index (κ2) is 6.79. The Hall–Kier alpha value is -1.08. The number of carbonyl (C=O) groups is 1. The molecule has 1 N–H and O–H groups in total. The number of alkyl halides is 3. The fraction of sp³-hybridized carbons (Fsp3) is 0.300. The van der Waals surface area contributed by atoms with E-state index in [1.807, 2.05) is 22.6 Å². The van der Waals surface area contributed by atoms with Crippen LogP contribution in [0, 0.1) is 3.57 Å². The van der Waals surface area contributed by atoms with Crippen molar-refractivity contribution in [3.8, 4) is 5.75 Å². The maximum atomic E-state index is 12.0. The normalized spacial score (nSPS) is 12.2. The molecule has 0 aliphatic heterocycles. The predicted octanol–water partition coefficient (Wildman–Crippen LogP) is 2.38. The summed E-state index contributed by atoms with van der Waals surface area (Å²) in [4.78, 5) is 11.5. The summed E-state index contributed by atoms with van der Waals surface area (Å²) in [5, 5.41) is 9.48. The van der Waals surface area contributed by atoms with Gasteiger partial charge in [-0.2, -0.15) is 13.2 Å². The molecule has 118 valence electrons. The summed E-state index contributed by atoms with van der Waals surface area (Å²) in [5.74, 6) is -1.35. The largest absolute Gasteiger partial charge is 0.538 e. The predicted molar refractivity (Wildman–Crippen MR) is 74.3 cm³/mol. The van der Waals surface area contributed by atoms with Gasteiger partial charge in [-0.15, -0.1) is 6.54 Å². The number of hydrogen-bond donors (Lipinski definition) is 1. The molecule has 21 heavy (non-hydrogen) atoms. The third-order valence-corrected chi connectivity index (χ3v) is 3.84. The maximum Gasteiger partial charge on any atom is 0.480 e. The Morgan fingerprint density at radius 1 is 1.38 bits per heavy atom. The lowest BCUT2D eigenvalue weighted by molar-refractivity contribution is -0.0427. The van der Waals surface area contributed by atoms with E-state index >= 15 is 0 Å². The van der Waals surface area contributed by atoms with Crippen molar-refractivity contribution in [1.82, 2.24) is 0 Å². The number of phenols is 1. The van der Waals surface area contributed by atoms with Gasteiger partial charge in [-0.1, -0.05) is 0 Å². The first-order valence-electron chi connectivity index (χ1n) is 5.20. The summed E-state index contributed by atoms with van der Waals surface area (Å²) >= 11 is 1.90. The van der Waals surface area contributed by atoms with Crippen LogP contribution in [-0.2, 0) is 14.8 Å². The average Bonchev–Trinajstić information content (AvgIpc) is 2.33. The number of esters is 1. The molecule has 0 amide bonds. The topological polar surface area (TPSA) is 94.8 Å². The molecule has 11 heteroatoms. The van der Waals surface area contributed by atoms with Gasteiger partial charge in [0.15, 0.2) is 10.0 Å². The summed E-state index contributed by atoms with van der Waals surface area (Å²) in [7, 11) is -5.59. The third-order valence-electron chi connectivity index (χ3n) is 2.06. The van der Waals surface area contributed by atoms with Crippen molar-refractivity contribution in [2.24, 2.45) is 0 Å². The minimum absolute atomic E-state index is 0.186. The van der Waals surface area contributed by atoms with Gasteiger partial charge in [0.25, 0.3) is 0 Å². The van der Waals surface area contributed by atoms with Gasteiger partial charge in [0.2, 0.25) is 0 Å². The zero-order chi connectivity index (χ0) is 16.3. The highest BCUT2D eigenvalue weighted by atomic mass is 127. The number of phenolic OH excluding ortho intramolecular Hbond substituents is 1. The first-order chi connectivity index (χ1) is 9.54. The summed E-state index contributed by atoms with van der Waals surface area (Å²) in [6, 6.07) is 4.06. The lowest BCUT2D eigenvalue weighted by atomic mass is 10.2. The van der Waals surface area contributed by atoms with E-state index in [-0.39, 0.29) is 11.3 Å². The van der Waals surface area contributed by atoms with E-state index in [1.165, 1.54) is 18.2 Å². The van der Waals surface area contributed by atoms with Gasteiger partial charge in [0.05, 0.1) is 6.61 Å². The fourth-order valence-electron chi connectivity index (χ4n) is 1.12. The number of benzene rings is 1. The number of ether oxygens (including phenoxy) is 1. The molecule has 0 atom stereocenters. The van der Waals surface area contributed by atoms with E-state index < -0.39 is 34.7 Å². The number of nitrogens with zero attached hydrogens (tertiary/aromatic N) is 1. The molecular weight excluding hydrogens is 430 g/mol. The van der Waals surface area contributed by atoms with Gasteiger partial charge in [0.1, 0.15) is 11.3 Å². The molecule has 6 nitrogen and oxygen atoms in total. The van der Waals surface area contributed by atoms with Crippen molar-refractivity contribution >= 4 is 38.6 Å². The standard InChI is InChI=1S/C10H8F3INO5S/c11-10(12,13)21(18,19)15-3-4-20-9(17)7-2-1-6(14)5-8(7)16/h1-2,5H,3-4H2,(H,16,17)/q-1. The summed E-state index contributed by atoms with van der Waals surface area (Å²) < 4.78 is 64.7. The monoisotopic (exact) mass is 438 g/mol. The van der Waals surface area contributed by atoms with Crippen LogP contribution < -0.4 is 0 Å². The molecule has 0 saturated carbocycles. The highest BCUT2D eigenvalue weighted by Crippen LogP contribution is 2.27. The smallest absolute Gasteiger partial charge is 0.480 e. The second-order valence-electron chi connectivity index (χ2n) is 3.57. The molecule has 0 aliphatic carbocycles. The average molecular weight is 438 g/mol. The summed E-state index contributed by atoms with van der Waals surface area (Å²) in [5.41, 5.74) is -5.67. The van der Waals surface area contributed by atoms with Gasteiger partial charge < -0.3 is 14.6 Å². The second-order valence-corrected chi connectivity index (χ2v) is 6.49. The maximum absolute atomic E-state index is 12.0. The van der Waals surface area contributed by atoms with Crippen LogP contribution >= 0.6 is 22.6 Å². The molecule has 0 aliphatic rings. The molecule has 0 saturated heterocycles. The molecule has 0 unspecified atom stereocenters. The quantitative estimate of drug-likeness (QED) is 0.433. The highest BCUT2D eigenvalue weighted by molar-refractivity contribution is 14.1. The molecular formula is C10H8F3INO5S-. The Bertz CT molecular complexity index is 632. The van der Waals surface area contributed by atoms with Crippen LogP contribution in [0.15, 0.2) is 18.2 Å². The third kappa shape index (κ3) is 5.00. The molecule has 0 spiro atoms. The van der Waals surface area contributed by atoms with E-state index in [2.05, 4.69) is 9.46 Å². The molecule has 0 radical (unpaired) electrons. The SMILES string of the molecule is O=C(OCC[N-]S(=O)(=O)C(F)(F)F)c1ccc(I)cc1O. The minimum Gasteiger partial charge on any atom is -0.538 e. The Morgan fingerprint density at radius 3 is 2.52 bits per heavy atom. The molecule has 1 aromatic rings. The van der Waals surface area contributed by atoms with Gasteiger partial charge >= 0.3 is 11.5 Å². The van der Waals surface area contributed by atoms with Crippen LogP contribution in [0.4, 0.5) is 13.2 Å². The molecule has 1 aromatic carbocycles. The lowest BCUT2D eigenvalue weighted by Gasteiger charge is -2.21. The van der Waals surface area contributed by atoms with Gasteiger partial charge in [-0.3, -0.25) is 0 Å². The van der Waals surface area contributed by atoms with E-state index in [9.17, 15) is 31.5 Å². The zero-order valence-electron chi connectivity index (χ0n) is 10.1. The molecule has 0 heterocycles. The summed E-state index contributed by atoms with van der Waals surface area (Å²) in [6.45, 7) is -1.53. The molecule has 0 aromatic heterocycles. The van der Waals surface area contributed by atoms with Crippen LogP contribution in [0.1, 0.15) is 10.4 Å². The van der Waals surface area contributed by atoms with E-state index in [1.54, 1.807) is 0 Å². The van der Waals surface area contributed by atoms with Crippen LogP contribution in [-0.4, -0.2) is 38.2 Å². The lowest BCUT2D eigenvalue weighted by Crippen LogP contribution is -2.23. The molecule has 1 rings (SSSR count).